The van der Waals surface area contributed by atoms with Gasteiger partial charge in [0.2, 0.25) is 17.7 Å². The summed E-state index contributed by atoms with van der Waals surface area (Å²) in [6.45, 7) is 3.99. The predicted molar refractivity (Wildman–Crippen MR) is 95.8 cm³/mol. The fourth-order valence-electron chi connectivity index (χ4n) is 2.53. The Hall–Kier alpha value is -2.95. The summed E-state index contributed by atoms with van der Waals surface area (Å²) in [5.74, 6) is 0.914. The zero-order valence-corrected chi connectivity index (χ0v) is 14.4. The number of hydrogen-bond donors (Lipinski definition) is 1. The highest BCUT2D eigenvalue weighted by Crippen LogP contribution is 2.19. The molecule has 1 amide bonds. The summed E-state index contributed by atoms with van der Waals surface area (Å²) in [5, 5.41) is 11.1. The first-order chi connectivity index (χ1) is 12.1. The molecule has 1 unspecified atom stereocenters. The van der Waals surface area contributed by atoms with Crippen molar-refractivity contribution in [2.45, 2.75) is 32.7 Å². The summed E-state index contributed by atoms with van der Waals surface area (Å²) in [4.78, 5) is 12.1. The number of aromatic nitrogens is 2. The molecule has 0 radical (unpaired) electrons. The maximum absolute atomic E-state index is 12.1. The van der Waals surface area contributed by atoms with Crippen molar-refractivity contribution in [3.05, 3.63) is 71.6 Å². The molecular formula is C20H21N3O2. The van der Waals surface area contributed by atoms with Gasteiger partial charge in [-0.1, -0.05) is 48.0 Å². The largest absolute Gasteiger partial charge is 0.421 e. The average Bonchev–Trinajstić information content (AvgIpc) is 3.10. The van der Waals surface area contributed by atoms with E-state index in [-0.39, 0.29) is 11.9 Å². The van der Waals surface area contributed by atoms with Gasteiger partial charge in [0.25, 0.3) is 0 Å². The minimum Gasteiger partial charge on any atom is -0.421 e. The second-order valence-corrected chi connectivity index (χ2v) is 6.07. The molecule has 0 aliphatic rings. The first-order valence-electron chi connectivity index (χ1n) is 8.35. The molecule has 3 aromatic rings. The number of nitrogens with one attached hydrogen (secondary N) is 1. The van der Waals surface area contributed by atoms with Gasteiger partial charge < -0.3 is 9.73 Å². The van der Waals surface area contributed by atoms with Crippen LogP contribution in [0.25, 0.3) is 11.5 Å². The molecule has 128 valence electrons. The van der Waals surface area contributed by atoms with Crippen LogP contribution in [0.15, 0.2) is 59.0 Å². The van der Waals surface area contributed by atoms with Crippen LogP contribution < -0.4 is 5.32 Å². The van der Waals surface area contributed by atoms with Crippen LogP contribution in [0.2, 0.25) is 0 Å². The van der Waals surface area contributed by atoms with Crippen LogP contribution in [-0.2, 0) is 11.2 Å². The van der Waals surface area contributed by atoms with Gasteiger partial charge in [0.15, 0.2) is 0 Å². The molecular weight excluding hydrogens is 314 g/mol. The van der Waals surface area contributed by atoms with Crippen molar-refractivity contribution >= 4 is 5.91 Å². The smallest absolute Gasteiger partial charge is 0.247 e. The second-order valence-electron chi connectivity index (χ2n) is 6.07. The summed E-state index contributed by atoms with van der Waals surface area (Å²) in [5.41, 5.74) is 3.13. The molecule has 1 atom stereocenters. The van der Waals surface area contributed by atoms with Crippen LogP contribution in [0.4, 0.5) is 0 Å². The van der Waals surface area contributed by atoms with E-state index in [1.54, 1.807) is 0 Å². The number of aryl methyl sites for hydroxylation is 2. The van der Waals surface area contributed by atoms with Gasteiger partial charge in [-0.2, -0.15) is 0 Å². The number of amides is 1. The van der Waals surface area contributed by atoms with Crippen LogP contribution in [0.1, 0.15) is 36.4 Å². The molecule has 0 bridgehead atoms. The maximum atomic E-state index is 12.1. The maximum Gasteiger partial charge on any atom is 0.247 e. The first-order valence-corrected chi connectivity index (χ1v) is 8.35. The minimum atomic E-state index is -0.0357. The van der Waals surface area contributed by atoms with Gasteiger partial charge in [-0.15, -0.1) is 10.2 Å². The fourth-order valence-corrected chi connectivity index (χ4v) is 2.53. The van der Waals surface area contributed by atoms with Gasteiger partial charge in [0, 0.05) is 18.4 Å². The lowest BCUT2D eigenvalue weighted by Crippen LogP contribution is -2.26. The van der Waals surface area contributed by atoms with E-state index in [0.29, 0.717) is 24.6 Å². The predicted octanol–water partition coefficient (Wildman–Crippen LogP) is 3.86. The SMILES string of the molecule is Cc1ccc(-c2nnc(CCC(=O)NC(C)c3ccccc3)o2)cc1. The van der Waals surface area contributed by atoms with Gasteiger partial charge in [-0.25, -0.2) is 0 Å². The van der Waals surface area contributed by atoms with Crippen molar-refractivity contribution < 1.29 is 9.21 Å². The zero-order chi connectivity index (χ0) is 17.6. The molecule has 0 aliphatic heterocycles. The highest BCUT2D eigenvalue weighted by molar-refractivity contribution is 5.76. The summed E-state index contributed by atoms with van der Waals surface area (Å²) >= 11 is 0. The van der Waals surface area contributed by atoms with Gasteiger partial charge in [-0.05, 0) is 31.5 Å². The molecule has 5 nitrogen and oxygen atoms in total. The summed E-state index contributed by atoms with van der Waals surface area (Å²) in [6, 6.07) is 17.7. The Morgan fingerprint density at radius 2 is 1.80 bits per heavy atom. The standard InChI is InChI=1S/C20H21N3O2/c1-14-8-10-17(11-9-14)20-23-22-19(25-20)13-12-18(24)21-15(2)16-6-4-3-5-7-16/h3-11,15H,12-13H2,1-2H3,(H,21,24). The van der Waals surface area contributed by atoms with Crippen molar-refractivity contribution in [2.24, 2.45) is 0 Å². The molecule has 0 fully saturated rings. The molecule has 1 heterocycles. The third-order valence-electron chi connectivity index (χ3n) is 4.01. The number of benzene rings is 2. The molecule has 0 saturated carbocycles. The Labute approximate surface area is 147 Å². The van der Waals surface area contributed by atoms with Crippen LogP contribution in [-0.4, -0.2) is 16.1 Å². The lowest BCUT2D eigenvalue weighted by Gasteiger charge is -2.13. The second kappa shape index (κ2) is 7.75. The Morgan fingerprint density at radius 3 is 2.52 bits per heavy atom. The monoisotopic (exact) mass is 335 g/mol. The molecule has 5 heteroatoms. The first kappa shape index (κ1) is 16.9. The lowest BCUT2D eigenvalue weighted by molar-refractivity contribution is -0.121. The van der Waals surface area contributed by atoms with Crippen molar-refractivity contribution in [1.82, 2.24) is 15.5 Å². The lowest BCUT2D eigenvalue weighted by atomic mass is 10.1. The normalized spacial score (nSPS) is 11.9. The van der Waals surface area contributed by atoms with E-state index in [0.717, 1.165) is 11.1 Å². The van der Waals surface area contributed by atoms with Crippen LogP contribution >= 0.6 is 0 Å². The number of hydrogen-bond acceptors (Lipinski definition) is 4. The minimum absolute atomic E-state index is 0.0282. The van der Waals surface area contributed by atoms with Gasteiger partial charge in [-0.3, -0.25) is 4.79 Å². The Bertz CT molecular complexity index is 826. The summed E-state index contributed by atoms with van der Waals surface area (Å²) in [7, 11) is 0. The fraction of sp³-hybridized carbons (Fsp3) is 0.250. The van der Waals surface area contributed by atoms with Crippen LogP contribution in [0, 0.1) is 6.92 Å². The van der Waals surface area contributed by atoms with E-state index in [4.69, 9.17) is 4.42 Å². The molecule has 2 aromatic carbocycles. The third-order valence-corrected chi connectivity index (χ3v) is 4.01. The number of rotatable bonds is 6. The molecule has 0 aliphatic carbocycles. The van der Waals surface area contributed by atoms with Gasteiger partial charge in [0.05, 0.1) is 6.04 Å². The van der Waals surface area contributed by atoms with E-state index < -0.39 is 0 Å². The van der Waals surface area contributed by atoms with Crippen LogP contribution in [0.3, 0.4) is 0 Å². The van der Waals surface area contributed by atoms with Gasteiger partial charge in [0.1, 0.15) is 0 Å². The highest BCUT2D eigenvalue weighted by atomic mass is 16.4. The molecule has 3 rings (SSSR count). The summed E-state index contributed by atoms with van der Waals surface area (Å²) in [6.07, 6.45) is 0.735. The Kier molecular flexibility index (Phi) is 5.23. The van der Waals surface area contributed by atoms with E-state index in [1.165, 1.54) is 5.56 Å². The number of nitrogens with zero attached hydrogens (tertiary/aromatic N) is 2. The molecule has 1 aromatic heterocycles. The van der Waals surface area contributed by atoms with Crippen molar-refractivity contribution in [3.63, 3.8) is 0 Å². The molecule has 0 spiro atoms. The topological polar surface area (TPSA) is 68.0 Å². The Morgan fingerprint density at radius 1 is 1.08 bits per heavy atom. The van der Waals surface area contributed by atoms with Crippen molar-refractivity contribution in [3.8, 4) is 11.5 Å². The van der Waals surface area contributed by atoms with Crippen molar-refractivity contribution in [2.75, 3.05) is 0 Å². The molecule has 0 saturated heterocycles. The van der Waals surface area contributed by atoms with Crippen LogP contribution in [0.5, 0.6) is 0 Å². The molecule has 1 N–H and O–H groups in total. The quantitative estimate of drug-likeness (QED) is 0.743. The zero-order valence-electron chi connectivity index (χ0n) is 14.4. The third kappa shape index (κ3) is 4.53. The average molecular weight is 335 g/mol. The van der Waals surface area contributed by atoms with E-state index >= 15 is 0 Å². The van der Waals surface area contributed by atoms with E-state index in [9.17, 15) is 4.79 Å². The van der Waals surface area contributed by atoms with E-state index in [2.05, 4.69) is 15.5 Å². The number of carbonyl (C=O) groups is 1. The summed E-state index contributed by atoms with van der Waals surface area (Å²) < 4.78 is 5.65. The highest BCUT2D eigenvalue weighted by Gasteiger charge is 2.12. The van der Waals surface area contributed by atoms with Gasteiger partial charge >= 0.3 is 0 Å². The van der Waals surface area contributed by atoms with Crippen molar-refractivity contribution in [1.29, 1.82) is 0 Å². The number of carbonyl (C=O) groups excluding carboxylic acids is 1. The Balaban J connectivity index is 1.53. The molecule has 25 heavy (non-hydrogen) atoms. The van der Waals surface area contributed by atoms with E-state index in [1.807, 2.05) is 68.4 Å².